The Morgan fingerprint density at radius 3 is 1.54 bits per heavy atom. The zero-order valence-corrected chi connectivity index (χ0v) is 16.0. The van der Waals surface area contributed by atoms with Gasteiger partial charge in [-0.25, -0.2) is 9.78 Å². The van der Waals surface area contributed by atoms with E-state index in [-0.39, 0.29) is 5.41 Å². The third-order valence-electron chi connectivity index (χ3n) is 4.35. The molecule has 0 aromatic heterocycles. The van der Waals surface area contributed by atoms with Crippen molar-refractivity contribution in [2.24, 2.45) is 0 Å². The van der Waals surface area contributed by atoms with Crippen molar-refractivity contribution in [3.8, 4) is 0 Å². The van der Waals surface area contributed by atoms with Gasteiger partial charge in [0, 0.05) is 0 Å². The molecule has 2 aromatic carbocycles. The van der Waals surface area contributed by atoms with Crippen molar-refractivity contribution in [1.29, 1.82) is 0 Å². The highest BCUT2D eigenvalue weighted by atomic mass is 17.2. The van der Waals surface area contributed by atoms with E-state index in [1.807, 2.05) is 45.9 Å². The van der Waals surface area contributed by atoms with Crippen LogP contribution in [0.3, 0.4) is 0 Å². The second-order valence-electron chi connectivity index (χ2n) is 8.38. The van der Waals surface area contributed by atoms with Crippen LogP contribution in [0.4, 0.5) is 0 Å². The highest BCUT2D eigenvalue weighted by Gasteiger charge is 2.30. The van der Waals surface area contributed by atoms with Crippen LogP contribution in [0.5, 0.6) is 0 Å². The Morgan fingerprint density at radius 2 is 1.00 bits per heavy atom. The van der Waals surface area contributed by atoms with E-state index >= 15 is 0 Å². The summed E-state index contributed by atoms with van der Waals surface area (Å²) in [5, 5.41) is 0. The van der Waals surface area contributed by atoms with E-state index < -0.39 is 11.2 Å². The normalized spacial score (nSPS) is 13.1. The molecule has 2 aromatic rings. The quantitative estimate of drug-likeness (QED) is 0.488. The summed E-state index contributed by atoms with van der Waals surface area (Å²) in [6, 6.07) is 18.7. The molecular formula is C22H30O2. The number of benzene rings is 2. The lowest BCUT2D eigenvalue weighted by Crippen LogP contribution is -2.30. The van der Waals surface area contributed by atoms with E-state index in [2.05, 4.69) is 57.2 Å². The molecule has 0 spiro atoms. The zero-order valence-electron chi connectivity index (χ0n) is 16.0. The summed E-state index contributed by atoms with van der Waals surface area (Å²) in [5.41, 5.74) is 2.55. The van der Waals surface area contributed by atoms with E-state index in [4.69, 9.17) is 9.78 Å². The first kappa shape index (κ1) is 18.7. The summed E-state index contributed by atoms with van der Waals surface area (Å²) in [7, 11) is 0. The molecule has 0 saturated carbocycles. The average molecular weight is 326 g/mol. The van der Waals surface area contributed by atoms with Crippen LogP contribution in [0.1, 0.15) is 65.2 Å². The second-order valence-corrected chi connectivity index (χ2v) is 8.38. The van der Waals surface area contributed by atoms with Crippen molar-refractivity contribution < 1.29 is 9.78 Å². The summed E-state index contributed by atoms with van der Waals surface area (Å²) in [5.74, 6) is 0. The third kappa shape index (κ3) is 4.46. The van der Waals surface area contributed by atoms with Gasteiger partial charge in [-0.15, -0.1) is 0 Å². The lowest BCUT2D eigenvalue weighted by atomic mass is 9.84. The standard InChI is InChI=1S/C22H30O2/c1-20(2,3)18-14-11-15-19(16-18)22(6,7)24-23-21(4,5)17-12-9-8-10-13-17/h8-16H,1-7H3. The van der Waals surface area contributed by atoms with Gasteiger partial charge in [-0.2, -0.15) is 0 Å². The summed E-state index contributed by atoms with van der Waals surface area (Å²) >= 11 is 0. The van der Waals surface area contributed by atoms with Crippen molar-refractivity contribution in [3.05, 3.63) is 71.3 Å². The molecule has 0 aliphatic carbocycles. The smallest absolute Gasteiger partial charge is 0.123 e. The van der Waals surface area contributed by atoms with Crippen LogP contribution in [0.25, 0.3) is 0 Å². The highest BCUT2D eigenvalue weighted by Crippen LogP contribution is 2.33. The van der Waals surface area contributed by atoms with Crippen molar-refractivity contribution in [2.75, 3.05) is 0 Å². The van der Waals surface area contributed by atoms with Crippen LogP contribution in [0.2, 0.25) is 0 Å². The fourth-order valence-electron chi connectivity index (χ4n) is 2.50. The lowest BCUT2D eigenvalue weighted by Gasteiger charge is -2.32. The molecule has 2 nitrogen and oxygen atoms in total. The van der Waals surface area contributed by atoms with E-state index in [0.29, 0.717) is 0 Å². The largest absolute Gasteiger partial charge is 0.225 e. The minimum atomic E-state index is -0.534. The van der Waals surface area contributed by atoms with Gasteiger partial charge < -0.3 is 0 Å². The lowest BCUT2D eigenvalue weighted by molar-refractivity contribution is -0.410. The third-order valence-corrected chi connectivity index (χ3v) is 4.35. The van der Waals surface area contributed by atoms with Gasteiger partial charge in [-0.05, 0) is 49.8 Å². The van der Waals surface area contributed by atoms with Gasteiger partial charge in [0.2, 0.25) is 0 Å². The highest BCUT2D eigenvalue weighted by molar-refractivity contribution is 5.31. The van der Waals surface area contributed by atoms with Crippen molar-refractivity contribution in [1.82, 2.24) is 0 Å². The van der Waals surface area contributed by atoms with Crippen molar-refractivity contribution in [3.63, 3.8) is 0 Å². The monoisotopic (exact) mass is 326 g/mol. The number of rotatable bonds is 5. The van der Waals surface area contributed by atoms with Crippen LogP contribution in [-0.2, 0) is 26.4 Å². The molecule has 0 amide bonds. The Hall–Kier alpha value is -1.64. The molecule has 0 saturated heterocycles. The fourth-order valence-corrected chi connectivity index (χ4v) is 2.50. The molecule has 24 heavy (non-hydrogen) atoms. The summed E-state index contributed by atoms with van der Waals surface area (Å²) in [6.07, 6.45) is 0. The Morgan fingerprint density at radius 1 is 0.542 bits per heavy atom. The molecule has 130 valence electrons. The van der Waals surface area contributed by atoms with Gasteiger partial charge >= 0.3 is 0 Å². The predicted molar refractivity (Wildman–Crippen MR) is 99.8 cm³/mol. The minimum absolute atomic E-state index is 0.107. The van der Waals surface area contributed by atoms with Gasteiger partial charge in [0.25, 0.3) is 0 Å². The first-order valence-corrected chi connectivity index (χ1v) is 8.56. The second kappa shape index (κ2) is 6.70. The maximum absolute atomic E-state index is 5.90. The molecule has 0 radical (unpaired) electrons. The molecule has 0 N–H and O–H groups in total. The SMILES string of the molecule is CC(C)(C)c1cccc(C(C)(C)OOC(C)(C)c2ccccc2)c1. The van der Waals surface area contributed by atoms with Gasteiger partial charge in [-0.3, -0.25) is 0 Å². The van der Waals surface area contributed by atoms with Gasteiger partial charge in [0.1, 0.15) is 11.2 Å². The predicted octanol–water partition coefficient (Wildman–Crippen LogP) is 6.10. The van der Waals surface area contributed by atoms with E-state index in [9.17, 15) is 0 Å². The number of hydrogen-bond donors (Lipinski definition) is 0. The maximum atomic E-state index is 5.90. The topological polar surface area (TPSA) is 18.5 Å². The van der Waals surface area contributed by atoms with E-state index in [0.717, 1.165) is 11.1 Å². The van der Waals surface area contributed by atoms with Gasteiger partial charge in [-0.1, -0.05) is 75.4 Å². The summed E-state index contributed by atoms with van der Waals surface area (Å²) in [6.45, 7) is 14.8. The van der Waals surface area contributed by atoms with Crippen LogP contribution >= 0.6 is 0 Å². The van der Waals surface area contributed by atoms with Gasteiger partial charge in [0.15, 0.2) is 0 Å². The molecule has 0 unspecified atom stereocenters. The average Bonchev–Trinajstić information content (AvgIpc) is 2.53. The Labute approximate surface area is 146 Å². The summed E-state index contributed by atoms with van der Waals surface area (Å²) < 4.78 is 0. The van der Waals surface area contributed by atoms with Crippen LogP contribution < -0.4 is 0 Å². The van der Waals surface area contributed by atoms with Crippen LogP contribution in [0.15, 0.2) is 54.6 Å². The van der Waals surface area contributed by atoms with Crippen LogP contribution in [0, 0.1) is 0 Å². The Bertz CT molecular complexity index is 664. The maximum Gasteiger partial charge on any atom is 0.123 e. The summed E-state index contributed by atoms with van der Waals surface area (Å²) in [4.78, 5) is 11.8. The Balaban J connectivity index is 2.17. The van der Waals surface area contributed by atoms with Gasteiger partial charge in [0.05, 0.1) is 0 Å². The first-order chi connectivity index (χ1) is 11.0. The molecule has 0 aliphatic rings. The molecule has 2 heteroatoms. The van der Waals surface area contributed by atoms with Crippen molar-refractivity contribution >= 4 is 0 Å². The fraction of sp³-hybridized carbons (Fsp3) is 0.455. The molecular weight excluding hydrogens is 296 g/mol. The molecule has 0 bridgehead atoms. The molecule has 0 heterocycles. The zero-order chi connectivity index (χ0) is 18.0. The molecule has 0 fully saturated rings. The van der Waals surface area contributed by atoms with E-state index in [1.54, 1.807) is 0 Å². The number of hydrogen-bond acceptors (Lipinski definition) is 2. The minimum Gasteiger partial charge on any atom is -0.225 e. The molecule has 0 atom stereocenters. The first-order valence-electron chi connectivity index (χ1n) is 8.56. The molecule has 0 aliphatic heterocycles. The van der Waals surface area contributed by atoms with Crippen LogP contribution in [-0.4, -0.2) is 0 Å². The van der Waals surface area contributed by atoms with E-state index in [1.165, 1.54) is 5.56 Å². The van der Waals surface area contributed by atoms with Crippen molar-refractivity contribution in [2.45, 2.75) is 65.1 Å². The Kier molecular flexibility index (Phi) is 5.22. The molecule has 2 rings (SSSR count).